The van der Waals surface area contributed by atoms with Crippen LogP contribution in [-0.4, -0.2) is 54.4 Å². The molecule has 0 N–H and O–H groups in total. The third-order valence-electron chi connectivity index (χ3n) is 2.70. The van der Waals surface area contributed by atoms with Gasteiger partial charge in [-0.2, -0.15) is 0 Å². The minimum absolute atomic E-state index is 0.601. The summed E-state index contributed by atoms with van der Waals surface area (Å²) >= 11 is 5.77. The molecule has 0 aliphatic carbocycles. The number of nitrogens with zero attached hydrogens (tertiary/aromatic N) is 2. The summed E-state index contributed by atoms with van der Waals surface area (Å²) < 4.78 is 0. The molecule has 86 valence electrons. The Labute approximate surface area is 94.2 Å². The van der Waals surface area contributed by atoms with Crippen molar-refractivity contribution < 1.29 is 0 Å². The van der Waals surface area contributed by atoms with Crippen molar-refractivity contribution in [2.45, 2.75) is 33.7 Å². The molecule has 0 aromatic rings. The highest BCUT2D eigenvalue weighted by molar-refractivity contribution is 6.18. The van der Waals surface area contributed by atoms with Crippen LogP contribution in [0.4, 0.5) is 0 Å². The zero-order valence-electron chi connectivity index (χ0n) is 10.1. The molecule has 0 aromatic carbocycles. The maximum atomic E-state index is 5.77. The van der Waals surface area contributed by atoms with Crippen LogP contribution < -0.4 is 0 Å². The quantitative estimate of drug-likeness (QED) is 0.580. The molecular formula is C11H25ClN2. The molecule has 0 heterocycles. The van der Waals surface area contributed by atoms with Crippen LogP contribution >= 0.6 is 11.6 Å². The number of hydrogen-bond acceptors (Lipinski definition) is 2. The van der Waals surface area contributed by atoms with Crippen molar-refractivity contribution in [3.63, 3.8) is 0 Å². The Morgan fingerprint density at radius 2 is 1.57 bits per heavy atom. The Morgan fingerprint density at radius 1 is 1.00 bits per heavy atom. The van der Waals surface area contributed by atoms with Crippen molar-refractivity contribution in [2.75, 3.05) is 38.6 Å². The predicted molar refractivity (Wildman–Crippen MR) is 65.2 cm³/mol. The van der Waals surface area contributed by atoms with Gasteiger partial charge in [-0.15, -0.1) is 11.6 Å². The molecule has 0 amide bonds. The van der Waals surface area contributed by atoms with Gasteiger partial charge in [0.2, 0.25) is 0 Å². The molecule has 0 aliphatic heterocycles. The number of alkyl halides is 1. The molecule has 2 nitrogen and oxygen atoms in total. The Hall–Kier alpha value is 0.210. The number of likely N-dealkylation sites (N-methyl/N-ethyl adjacent to an activating group) is 1. The summed E-state index contributed by atoms with van der Waals surface area (Å²) in [5.74, 6) is 0.733. The van der Waals surface area contributed by atoms with E-state index in [2.05, 4.69) is 37.5 Å². The maximum absolute atomic E-state index is 5.77. The van der Waals surface area contributed by atoms with Gasteiger partial charge < -0.3 is 4.90 Å². The van der Waals surface area contributed by atoms with E-state index in [1.165, 1.54) is 0 Å². The van der Waals surface area contributed by atoms with Gasteiger partial charge in [-0.05, 0) is 26.9 Å². The fraction of sp³-hybridized carbons (Fsp3) is 1.00. The molecular weight excluding hydrogens is 196 g/mol. The van der Waals surface area contributed by atoms with Gasteiger partial charge in [-0.25, -0.2) is 0 Å². The van der Waals surface area contributed by atoms with Gasteiger partial charge in [0.1, 0.15) is 0 Å². The summed E-state index contributed by atoms with van der Waals surface area (Å²) in [5.41, 5.74) is 0. The fourth-order valence-electron chi connectivity index (χ4n) is 1.55. The van der Waals surface area contributed by atoms with E-state index in [0.717, 1.165) is 38.6 Å². The van der Waals surface area contributed by atoms with Gasteiger partial charge in [0.15, 0.2) is 0 Å². The number of hydrogen-bond donors (Lipinski definition) is 0. The maximum Gasteiger partial charge on any atom is 0.0351 e. The van der Waals surface area contributed by atoms with Gasteiger partial charge >= 0.3 is 0 Å². The fourth-order valence-corrected chi connectivity index (χ4v) is 1.76. The third kappa shape index (κ3) is 5.84. The smallest absolute Gasteiger partial charge is 0.0351 e. The second-order valence-electron chi connectivity index (χ2n) is 3.85. The van der Waals surface area contributed by atoms with Gasteiger partial charge in [0.25, 0.3) is 0 Å². The molecule has 0 aliphatic rings. The highest BCUT2D eigenvalue weighted by Gasteiger charge is 2.09. The summed E-state index contributed by atoms with van der Waals surface area (Å²) in [6.45, 7) is 14.5. The lowest BCUT2D eigenvalue weighted by atomic mass is 10.3. The third-order valence-corrected chi connectivity index (χ3v) is 2.87. The molecule has 0 rings (SSSR count). The van der Waals surface area contributed by atoms with Gasteiger partial charge in [0, 0.05) is 31.6 Å². The predicted octanol–water partition coefficient (Wildman–Crippen LogP) is 2.28. The molecule has 0 radical (unpaired) electrons. The standard InChI is InChI=1S/C11H25ClN2/c1-5-13(6-2)9-10-14(8-7-12)11(3)4/h11H,5-10H2,1-4H3. The van der Waals surface area contributed by atoms with Crippen LogP contribution in [0.25, 0.3) is 0 Å². The molecule has 0 unspecified atom stereocenters. The van der Waals surface area contributed by atoms with Crippen LogP contribution in [-0.2, 0) is 0 Å². The summed E-state index contributed by atoms with van der Waals surface area (Å²) in [6, 6.07) is 0.601. The first-order chi connectivity index (χ1) is 6.65. The van der Waals surface area contributed by atoms with E-state index in [0.29, 0.717) is 6.04 Å². The first kappa shape index (κ1) is 14.2. The van der Waals surface area contributed by atoms with Crippen molar-refractivity contribution in [1.82, 2.24) is 9.80 Å². The van der Waals surface area contributed by atoms with E-state index in [4.69, 9.17) is 11.6 Å². The zero-order chi connectivity index (χ0) is 11.0. The van der Waals surface area contributed by atoms with E-state index in [-0.39, 0.29) is 0 Å². The summed E-state index contributed by atoms with van der Waals surface area (Å²) in [7, 11) is 0. The van der Waals surface area contributed by atoms with Crippen LogP contribution in [0.3, 0.4) is 0 Å². The van der Waals surface area contributed by atoms with Crippen molar-refractivity contribution in [3.05, 3.63) is 0 Å². The summed E-state index contributed by atoms with van der Waals surface area (Å²) in [5, 5.41) is 0. The number of halogens is 1. The second-order valence-corrected chi connectivity index (χ2v) is 4.22. The van der Waals surface area contributed by atoms with E-state index in [1.807, 2.05) is 0 Å². The van der Waals surface area contributed by atoms with Gasteiger partial charge in [0.05, 0.1) is 0 Å². The topological polar surface area (TPSA) is 6.48 Å². The molecule has 0 spiro atoms. The van der Waals surface area contributed by atoms with E-state index < -0.39 is 0 Å². The van der Waals surface area contributed by atoms with Crippen molar-refractivity contribution >= 4 is 11.6 Å². The highest BCUT2D eigenvalue weighted by atomic mass is 35.5. The summed E-state index contributed by atoms with van der Waals surface area (Å²) in [6.07, 6.45) is 0. The molecule has 0 aromatic heterocycles. The molecule has 0 bridgehead atoms. The zero-order valence-corrected chi connectivity index (χ0v) is 10.8. The molecule has 0 atom stereocenters. The molecule has 0 saturated carbocycles. The van der Waals surface area contributed by atoms with Gasteiger partial charge in [-0.3, -0.25) is 4.90 Å². The largest absolute Gasteiger partial charge is 0.303 e. The Bertz CT molecular complexity index is 124. The Morgan fingerprint density at radius 3 is 1.93 bits per heavy atom. The lowest BCUT2D eigenvalue weighted by Crippen LogP contribution is -2.39. The van der Waals surface area contributed by atoms with Crippen LogP contribution in [0.2, 0.25) is 0 Å². The minimum atomic E-state index is 0.601. The van der Waals surface area contributed by atoms with Crippen LogP contribution in [0.15, 0.2) is 0 Å². The molecule has 3 heteroatoms. The van der Waals surface area contributed by atoms with Crippen molar-refractivity contribution in [3.8, 4) is 0 Å². The minimum Gasteiger partial charge on any atom is -0.303 e. The lowest BCUT2D eigenvalue weighted by molar-refractivity contribution is 0.190. The van der Waals surface area contributed by atoms with E-state index in [1.54, 1.807) is 0 Å². The van der Waals surface area contributed by atoms with Crippen LogP contribution in [0.1, 0.15) is 27.7 Å². The second kappa shape index (κ2) is 8.51. The Balaban J connectivity index is 3.79. The average Bonchev–Trinajstić information content (AvgIpc) is 2.17. The normalized spacial score (nSPS) is 12.0. The van der Waals surface area contributed by atoms with Crippen LogP contribution in [0, 0.1) is 0 Å². The molecule has 0 fully saturated rings. The lowest BCUT2D eigenvalue weighted by Gasteiger charge is -2.28. The first-order valence-corrected chi connectivity index (χ1v) is 6.21. The van der Waals surface area contributed by atoms with Crippen molar-refractivity contribution in [2.24, 2.45) is 0 Å². The van der Waals surface area contributed by atoms with E-state index >= 15 is 0 Å². The SMILES string of the molecule is CCN(CC)CCN(CCCl)C(C)C. The summed E-state index contributed by atoms with van der Waals surface area (Å²) in [4.78, 5) is 4.88. The molecule has 14 heavy (non-hydrogen) atoms. The van der Waals surface area contributed by atoms with E-state index in [9.17, 15) is 0 Å². The van der Waals surface area contributed by atoms with Gasteiger partial charge in [-0.1, -0.05) is 13.8 Å². The number of rotatable bonds is 8. The average molecular weight is 221 g/mol. The van der Waals surface area contributed by atoms with Crippen molar-refractivity contribution in [1.29, 1.82) is 0 Å². The highest BCUT2D eigenvalue weighted by Crippen LogP contribution is 1.99. The molecule has 0 saturated heterocycles. The first-order valence-electron chi connectivity index (χ1n) is 5.68. The van der Waals surface area contributed by atoms with Crippen LogP contribution in [0.5, 0.6) is 0 Å². The monoisotopic (exact) mass is 220 g/mol. The Kier molecular flexibility index (Phi) is 8.64.